The molecule has 0 aliphatic carbocycles. The number of rotatable bonds is 5. The van der Waals surface area contributed by atoms with E-state index in [-0.39, 0.29) is 24.7 Å². The predicted molar refractivity (Wildman–Crippen MR) is 70.8 cm³/mol. The third-order valence-corrected chi connectivity index (χ3v) is 2.89. The summed E-state index contributed by atoms with van der Waals surface area (Å²) < 4.78 is 39.4. The topological polar surface area (TPSA) is 70.2 Å². The van der Waals surface area contributed by atoms with Crippen molar-refractivity contribution in [1.82, 2.24) is 0 Å². The van der Waals surface area contributed by atoms with Crippen molar-refractivity contribution in [2.75, 3.05) is 11.4 Å². The van der Waals surface area contributed by atoms with E-state index in [1.54, 1.807) is 13.8 Å². The van der Waals surface area contributed by atoms with Crippen molar-refractivity contribution in [3.63, 3.8) is 0 Å². The Bertz CT molecular complexity index is 565. The van der Waals surface area contributed by atoms with Gasteiger partial charge in [0.1, 0.15) is 0 Å². The predicted octanol–water partition coefficient (Wildman–Crippen LogP) is 3.74. The van der Waals surface area contributed by atoms with Gasteiger partial charge in [-0.25, -0.2) is 0 Å². The van der Waals surface area contributed by atoms with E-state index in [2.05, 4.69) is 0 Å². The SMILES string of the molecule is CC(C)N(CCC#N)c1ccc([N+](=O)[O-])cc1C(F)(F)F. The summed E-state index contributed by atoms with van der Waals surface area (Å²) in [4.78, 5) is 11.2. The molecule has 0 unspecified atom stereocenters. The highest BCUT2D eigenvalue weighted by atomic mass is 19.4. The molecule has 114 valence electrons. The summed E-state index contributed by atoms with van der Waals surface area (Å²) >= 11 is 0. The number of hydrogen-bond acceptors (Lipinski definition) is 4. The van der Waals surface area contributed by atoms with Crippen LogP contribution in [0, 0.1) is 21.4 Å². The Hall–Kier alpha value is -2.30. The van der Waals surface area contributed by atoms with Gasteiger partial charge in [0.05, 0.1) is 23.0 Å². The van der Waals surface area contributed by atoms with Gasteiger partial charge in [0.15, 0.2) is 0 Å². The number of nitro benzene ring substituents is 1. The number of halogens is 3. The van der Waals surface area contributed by atoms with Gasteiger partial charge in [0, 0.05) is 30.4 Å². The highest BCUT2D eigenvalue weighted by Crippen LogP contribution is 2.39. The molecule has 1 aromatic carbocycles. The monoisotopic (exact) mass is 301 g/mol. The zero-order valence-corrected chi connectivity index (χ0v) is 11.5. The van der Waals surface area contributed by atoms with Gasteiger partial charge in [0.25, 0.3) is 5.69 Å². The Balaban J connectivity index is 3.39. The van der Waals surface area contributed by atoms with E-state index in [4.69, 9.17) is 5.26 Å². The maximum atomic E-state index is 13.1. The highest BCUT2D eigenvalue weighted by molar-refractivity contribution is 5.59. The Labute approximate surface area is 119 Å². The van der Waals surface area contributed by atoms with Gasteiger partial charge in [-0.1, -0.05) is 0 Å². The Morgan fingerprint density at radius 3 is 2.48 bits per heavy atom. The van der Waals surface area contributed by atoms with Crippen LogP contribution in [-0.4, -0.2) is 17.5 Å². The van der Waals surface area contributed by atoms with Crippen LogP contribution in [0.2, 0.25) is 0 Å². The lowest BCUT2D eigenvalue weighted by molar-refractivity contribution is -0.385. The Morgan fingerprint density at radius 1 is 1.43 bits per heavy atom. The fraction of sp³-hybridized carbons (Fsp3) is 0.462. The lowest BCUT2D eigenvalue weighted by atomic mass is 10.1. The molecule has 8 heteroatoms. The number of hydrogen-bond donors (Lipinski definition) is 0. The van der Waals surface area contributed by atoms with E-state index < -0.39 is 22.4 Å². The van der Waals surface area contributed by atoms with E-state index in [9.17, 15) is 23.3 Å². The van der Waals surface area contributed by atoms with Gasteiger partial charge in [-0.3, -0.25) is 10.1 Å². The van der Waals surface area contributed by atoms with Crippen molar-refractivity contribution >= 4 is 11.4 Å². The molecule has 0 bridgehead atoms. The summed E-state index contributed by atoms with van der Waals surface area (Å²) in [6.45, 7) is 3.51. The molecule has 5 nitrogen and oxygen atoms in total. The minimum atomic E-state index is -4.71. The Morgan fingerprint density at radius 2 is 2.05 bits per heavy atom. The van der Waals surface area contributed by atoms with Crippen molar-refractivity contribution in [1.29, 1.82) is 5.26 Å². The molecular weight excluding hydrogens is 287 g/mol. The number of anilines is 1. The normalized spacial score (nSPS) is 11.3. The molecule has 0 aliphatic heterocycles. The molecule has 0 saturated carbocycles. The molecule has 0 spiro atoms. The quantitative estimate of drug-likeness (QED) is 0.613. The second kappa shape index (κ2) is 6.43. The first-order valence-corrected chi connectivity index (χ1v) is 6.17. The van der Waals surface area contributed by atoms with Crippen LogP contribution in [0.25, 0.3) is 0 Å². The maximum absolute atomic E-state index is 13.1. The summed E-state index contributed by atoms with van der Waals surface area (Å²) in [5.41, 5.74) is -1.84. The highest BCUT2D eigenvalue weighted by Gasteiger charge is 2.36. The van der Waals surface area contributed by atoms with Crippen molar-refractivity contribution in [2.24, 2.45) is 0 Å². The Kier molecular flexibility index (Phi) is 5.13. The average Bonchev–Trinajstić information content (AvgIpc) is 2.37. The standard InChI is InChI=1S/C13H14F3N3O2/c1-9(2)18(7-3-6-17)12-5-4-10(19(20)21)8-11(12)13(14,15)16/h4-5,8-9H,3,7H2,1-2H3. The van der Waals surface area contributed by atoms with Crippen molar-refractivity contribution in [2.45, 2.75) is 32.5 Å². The average molecular weight is 301 g/mol. The number of nitriles is 1. The number of benzene rings is 1. The fourth-order valence-corrected chi connectivity index (χ4v) is 1.94. The minimum Gasteiger partial charge on any atom is -0.368 e. The zero-order valence-electron chi connectivity index (χ0n) is 11.5. The van der Waals surface area contributed by atoms with Crippen molar-refractivity contribution in [3.8, 4) is 6.07 Å². The minimum absolute atomic E-state index is 0.0620. The molecule has 1 rings (SSSR count). The van der Waals surface area contributed by atoms with E-state index in [0.29, 0.717) is 6.07 Å². The van der Waals surface area contributed by atoms with E-state index >= 15 is 0 Å². The maximum Gasteiger partial charge on any atom is 0.418 e. The number of nitro groups is 1. The molecule has 0 radical (unpaired) electrons. The lowest BCUT2D eigenvalue weighted by Crippen LogP contribution is -2.33. The molecule has 0 aromatic heterocycles. The molecular formula is C13H14F3N3O2. The first-order chi connectivity index (χ1) is 9.68. The molecule has 21 heavy (non-hydrogen) atoms. The molecule has 0 fully saturated rings. The summed E-state index contributed by atoms with van der Waals surface area (Å²) in [6, 6.07) is 4.24. The summed E-state index contributed by atoms with van der Waals surface area (Å²) in [5.74, 6) is 0. The van der Waals surface area contributed by atoms with Gasteiger partial charge in [-0.15, -0.1) is 0 Å². The molecule has 0 aliphatic rings. The van der Waals surface area contributed by atoms with E-state index in [1.165, 1.54) is 4.90 Å². The summed E-state index contributed by atoms with van der Waals surface area (Å²) in [6.07, 6.45) is -4.65. The van der Waals surface area contributed by atoms with Gasteiger partial charge in [0.2, 0.25) is 0 Å². The van der Waals surface area contributed by atoms with E-state index in [1.807, 2.05) is 6.07 Å². The smallest absolute Gasteiger partial charge is 0.368 e. The molecule has 1 aromatic rings. The van der Waals surface area contributed by atoms with Crippen molar-refractivity contribution in [3.05, 3.63) is 33.9 Å². The van der Waals surface area contributed by atoms with Crippen molar-refractivity contribution < 1.29 is 18.1 Å². The third-order valence-electron chi connectivity index (χ3n) is 2.89. The van der Waals surface area contributed by atoms with E-state index in [0.717, 1.165) is 12.1 Å². The van der Waals surface area contributed by atoms with Crippen LogP contribution in [0.4, 0.5) is 24.5 Å². The van der Waals surface area contributed by atoms with Crippen LogP contribution in [0.15, 0.2) is 18.2 Å². The number of non-ortho nitro benzene ring substituents is 1. The lowest BCUT2D eigenvalue weighted by Gasteiger charge is -2.30. The second-order valence-corrected chi connectivity index (χ2v) is 4.65. The van der Waals surface area contributed by atoms with Gasteiger partial charge < -0.3 is 4.90 Å². The van der Waals surface area contributed by atoms with Crippen LogP contribution in [0.5, 0.6) is 0 Å². The number of nitrogens with zero attached hydrogens (tertiary/aromatic N) is 3. The van der Waals surface area contributed by atoms with Crippen LogP contribution >= 0.6 is 0 Å². The summed E-state index contributed by atoms with van der Waals surface area (Å²) in [5, 5.41) is 19.3. The molecule has 0 saturated heterocycles. The molecule has 0 atom stereocenters. The first-order valence-electron chi connectivity index (χ1n) is 6.17. The molecule has 0 heterocycles. The van der Waals surface area contributed by atoms with Crippen LogP contribution in [-0.2, 0) is 6.18 Å². The number of alkyl halides is 3. The van der Waals surface area contributed by atoms with Crippen LogP contribution < -0.4 is 4.90 Å². The largest absolute Gasteiger partial charge is 0.418 e. The zero-order chi connectivity index (χ0) is 16.2. The molecule has 0 amide bonds. The van der Waals surface area contributed by atoms with Crippen LogP contribution in [0.1, 0.15) is 25.8 Å². The fourth-order valence-electron chi connectivity index (χ4n) is 1.94. The van der Waals surface area contributed by atoms with Gasteiger partial charge in [-0.2, -0.15) is 18.4 Å². The molecule has 0 N–H and O–H groups in total. The van der Waals surface area contributed by atoms with Gasteiger partial charge >= 0.3 is 6.18 Å². The second-order valence-electron chi connectivity index (χ2n) is 4.65. The van der Waals surface area contributed by atoms with Crippen LogP contribution in [0.3, 0.4) is 0 Å². The third kappa shape index (κ3) is 4.08. The summed E-state index contributed by atoms with van der Waals surface area (Å²) in [7, 11) is 0. The van der Waals surface area contributed by atoms with Gasteiger partial charge in [-0.05, 0) is 19.9 Å². The first kappa shape index (κ1) is 16.8.